The van der Waals surface area contributed by atoms with Gasteiger partial charge in [0.25, 0.3) is 0 Å². The second-order valence-electron chi connectivity index (χ2n) is 4.45. The highest BCUT2D eigenvalue weighted by Crippen LogP contribution is 2.31. The van der Waals surface area contributed by atoms with Crippen LogP contribution in [0.25, 0.3) is 0 Å². The van der Waals surface area contributed by atoms with Crippen molar-refractivity contribution in [3.8, 4) is 17.2 Å². The maximum atomic E-state index is 11.6. The van der Waals surface area contributed by atoms with Crippen LogP contribution in [0, 0.1) is 0 Å². The lowest BCUT2D eigenvalue weighted by molar-refractivity contribution is 0.0988. The Labute approximate surface area is 124 Å². The highest BCUT2D eigenvalue weighted by atomic mass is 16.5. The number of para-hydroxylation sites is 2. The van der Waals surface area contributed by atoms with Crippen molar-refractivity contribution < 1.29 is 14.3 Å². The van der Waals surface area contributed by atoms with Crippen LogP contribution in [0.2, 0.25) is 0 Å². The van der Waals surface area contributed by atoms with Gasteiger partial charge in [-0.05, 0) is 36.4 Å². The molecule has 0 unspecified atom stereocenters. The Bertz CT molecular complexity index is 615. The quantitative estimate of drug-likeness (QED) is 0.548. The lowest BCUT2D eigenvalue weighted by atomic mass is 10.1. The Hall–Kier alpha value is -2.55. The predicted molar refractivity (Wildman–Crippen MR) is 83.3 cm³/mol. The Morgan fingerprint density at radius 2 is 1.76 bits per heavy atom. The van der Waals surface area contributed by atoms with Crippen LogP contribution >= 0.6 is 0 Å². The number of ketones is 1. The average molecular weight is 282 g/mol. The summed E-state index contributed by atoms with van der Waals surface area (Å²) in [6.07, 6.45) is 2.18. The molecule has 0 N–H and O–H groups in total. The van der Waals surface area contributed by atoms with Crippen molar-refractivity contribution in [3.63, 3.8) is 0 Å². The number of hydrogen-bond acceptors (Lipinski definition) is 3. The van der Waals surface area contributed by atoms with Crippen LogP contribution in [0.1, 0.15) is 23.7 Å². The maximum absolute atomic E-state index is 11.6. The molecular formula is C18H18O3. The number of Topliss-reactive ketones (excluding diaryl/α,β-unsaturated/α-hetero) is 1. The number of hydrogen-bond donors (Lipinski definition) is 0. The van der Waals surface area contributed by atoms with Gasteiger partial charge in [-0.3, -0.25) is 4.79 Å². The van der Waals surface area contributed by atoms with Gasteiger partial charge in [0, 0.05) is 12.0 Å². The molecule has 0 heterocycles. The second kappa shape index (κ2) is 7.29. The van der Waals surface area contributed by atoms with Gasteiger partial charge >= 0.3 is 0 Å². The minimum Gasteiger partial charge on any atom is -0.486 e. The molecule has 108 valence electrons. The smallest absolute Gasteiger partial charge is 0.169 e. The van der Waals surface area contributed by atoms with E-state index < -0.39 is 0 Å². The van der Waals surface area contributed by atoms with Crippen LogP contribution in [0.5, 0.6) is 17.2 Å². The first-order valence-corrected chi connectivity index (χ1v) is 6.88. The highest BCUT2D eigenvalue weighted by molar-refractivity contribution is 5.95. The van der Waals surface area contributed by atoms with E-state index in [0.717, 1.165) is 0 Å². The summed E-state index contributed by atoms with van der Waals surface area (Å²) in [6.45, 7) is 5.89. The third-order valence-corrected chi connectivity index (χ3v) is 2.93. The van der Waals surface area contributed by atoms with E-state index in [4.69, 9.17) is 9.47 Å². The maximum Gasteiger partial charge on any atom is 0.169 e. The molecule has 0 aliphatic carbocycles. The SMILES string of the molecule is C=CCOc1ccccc1Oc1ccc(C(=O)CC)cc1. The first-order valence-electron chi connectivity index (χ1n) is 6.88. The molecule has 2 aromatic rings. The lowest BCUT2D eigenvalue weighted by Gasteiger charge is -2.11. The van der Waals surface area contributed by atoms with Crippen LogP contribution in [-0.4, -0.2) is 12.4 Å². The number of carbonyl (C=O) groups excluding carboxylic acids is 1. The van der Waals surface area contributed by atoms with Crippen molar-refractivity contribution in [2.45, 2.75) is 13.3 Å². The number of rotatable bonds is 7. The first kappa shape index (κ1) is 14.9. The second-order valence-corrected chi connectivity index (χ2v) is 4.45. The molecule has 0 radical (unpaired) electrons. The van der Waals surface area contributed by atoms with Crippen LogP contribution in [0.3, 0.4) is 0 Å². The molecule has 3 nitrogen and oxygen atoms in total. The summed E-state index contributed by atoms with van der Waals surface area (Å²) in [5.74, 6) is 2.08. The van der Waals surface area contributed by atoms with E-state index in [2.05, 4.69) is 6.58 Å². The molecule has 0 saturated heterocycles. The summed E-state index contributed by atoms with van der Waals surface area (Å²) in [6, 6.07) is 14.6. The van der Waals surface area contributed by atoms with Gasteiger partial charge in [0.05, 0.1) is 0 Å². The van der Waals surface area contributed by atoms with Crippen molar-refractivity contribution in [2.75, 3.05) is 6.61 Å². The van der Waals surface area contributed by atoms with Gasteiger partial charge in [-0.25, -0.2) is 0 Å². The number of ether oxygens (including phenoxy) is 2. The van der Waals surface area contributed by atoms with Crippen molar-refractivity contribution in [3.05, 3.63) is 66.7 Å². The molecule has 0 aliphatic rings. The molecule has 2 aromatic carbocycles. The molecule has 0 aliphatic heterocycles. The van der Waals surface area contributed by atoms with Crippen LogP contribution in [0.4, 0.5) is 0 Å². The molecular weight excluding hydrogens is 264 g/mol. The van der Waals surface area contributed by atoms with Crippen LogP contribution in [0.15, 0.2) is 61.2 Å². The summed E-state index contributed by atoms with van der Waals surface area (Å²) in [4.78, 5) is 11.6. The van der Waals surface area contributed by atoms with E-state index in [0.29, 0.717) is 35.8 Å². The topological polar surface area (TPSA) is 35.5 Å². The van der Waals surface area contributed by atoms with Gasteiger partial charge in [0.1, 0.15) is 12.4 Å². The first-order chi connectivity index (χ1) is 10.2. The van der Waals surface area contributed by atoms with Gasteiger partial charge in [-0.1, -0.05) is 31.7 Å². The van der Waals surface area contributed by atoms with E-state index in [1.807, 2.05) is 31.2 Å². The van der Waals surface area contributed by atoms with E-state index in [-0.39, 0.29) is 5.78 Å². The van der Waals surface area contributed by atoms with E-state index >= 15 is 0 Å². The Morgan fingerprint density at radius 1 is 1.10 bits per heavy atom. The van der Waals surface area contributed by atoms with Crippen LogP contribution in [-0.2, 0) is 0 Å². The molecule has 0 amide bonds. The van der Waals surface area contributed by atoms with E-state index in [9.17, 15) is 4.79 Å². The molecule has 0 saturated carbocycles. The van der Waals surface area contributed by atoms with Gasteiger partial charge in [-0.2, -0.15) is 0 Å². The van der Waals surface area contributed by atoms with Crippen molar-refractivity contribution in [1.82, 2.24) is 0 Å². The molecule has 0 aromatic heterocycles. The van der Waals surface area contributed by atoms with Gasteiger partial charge in [-0.15, -0.1) is 0 Å². The summed E-state index contributed by atoms with van der Waals surface area (Å²) >= 11 is 0. The lowest BCUT2D eigenvalue weighted by Crippen LogP contribution is -1.97. The van der Waals surface area contributed by atoms with Gasteiger partial charge in [0.2, 0.25) is 0 Å². The van der Waals surface area contributed by atoms with Gasteiger partial charge in [0.15, 0.2) is 17.3 Å². The fourth-order valence-corrected chi connectivity index (χ4v) is 1.84. The standard InChI is InChI=1S/C18H18O3/c1-3-13-20-17-7-5-6-8-18(17)21-15-11-9-14(10-12-15)16(19)4-2/h3,5-12H,1,4,13H2,2H3. The summed E-state index contributed by atoms with van der Waals surface area (Å²) < 4.78 is 11.3. The van der Waals surface area contributed by atoms with Crippen molar-refractivity contribution in [1.29, 1.82) is 0 Å². The normalized spacial score (nSPS) is 9.95. The van der Waals surface area contributed by atoms with Gasteiger partial charge < -0.3 is 9.47 Å². The molecule has 0 bridgehead atoms. The fourth-order valence-electron chi connectivity index (χ4n) is 1.84. The number of benzene rings is 2. The highest BCUT2D eigenvalue weighted by Gasteiger charge is 2.07. The summed E-state index contributed by atoms with van der Waals surface area (Å²) in [5, 5.41) is 0. The summed E-state index contributed by atoms with van der Waals surface area (Å²) in [5.41, 5.74) is 0.695. The number of carbonyl (C=O) groups is 1. The van der Waals surface area contributed by atoms with Crippen molar-refractivity contribution in [2.24, 2.45) is 0 Å². The zero-order chi connectivity index (χ0) is 15.1. The van der Waals surface area contributed by atoms with E-state index in [1.54, 1.807) is 30.3 Å². The molecule has 3 heteroatoms. The van der Waals surface area contributed by atoms with Crippen LogP contribution < -0.4 is 9.47 Å². The zero-order valence-corrected chi connectivity index (χ0v) is 12.0. The molecule has 0 spiro atoms. The molecule has 21 heavy (non-hydrogen) atoms. The average Bonchev–Trinajstić information content (AvgIpc) is 2.54. The predicted octanol–water partition coefficient (Wildman–Crippen LogP) is 4.64. The Balaban J connectivity index is 2.14. The Morgan fingerprint density at radius 3 is 2.38 bits per heavy atom. The largest absolute Gasteiger partial charge is 0.486 e. The third kappa shape index (κ3) is 3.96. The summed E-state index contributed by atoms with van der Waals surface area (Å²) in [7, 11) is 0. The molecule has 2 rings (SSSR count). The third-order valence-electron chi connectivity index (χ3n) is 2.93. The Kier molecular flexibility index (Phi) is 5.16. The minimum atomic E-state index is 0.122. The minimum absolute atomic E-state index is 0.122. The zero-order valence-electron chi connectivity index (χ0n) is 12.0. The fraction of sp³-hybridized carbons (Fsp3) is 0.167. The molecule has 0 atom stereocenters. The molecule has 0 fully saturated rings. The monoisotopic (exact) mass is 282 g/mol. The van der Waals surface area contributed by atoms with E-state index in [1.165, 1.54) is 0 Å². The van der Waals surface area contributed by atoms with Crippen molar-refractivity contribution >= 4 is 5.78 Å².